The van der Waals surface area contributed by atoms with Crippen LogP contribution in [-0.2, 0) is 20.8 Å². The molecule has 0 saturated heterocycles. The van der Waals surface area contributed by atoms with Gasteiger partial charge in [0, 0.05) is 11.4 Å². The van der Waals surface area contributed by atoms with Crippen LogP contribution in [0.25, 0.3) is 0 Å². The molecular formula is C13H12N2O4. The molecule has 0 bridgehead atoms. The fourth-order valence-electron chi connectivity index (χ4n) is 2.30. The van der Waals surface area contributed by atoms with Crippen molar-refractivity contribution in [3.63, 3.8) is 0 Å². The number of benzene rings is 1. The maximum Gasteiger partial charge on any atom is 0.307 e. The summed E-state index contributed by atoms with van der Waals surface area (Å²) in [6, 6.07) is 5.17. The van der Waals surface area contributed by atoms with Gasteiger partial charge < -0.3 is 15.7 Å². The van der Waals surface area contributed by atoms with Gasteiger partial charge in [-0.3, -0.25) is 14.4 Å². The summed E-state index contributed by atoms with van der Waals surface area (Å²) in [5.74, 6) is -2.26. The van der Waals surface area contributed by atoms with E-state index >= 15 is 0 Å². The third-order valence-corrected chi connectivity index (χ3v) is 3.44. The lowest BCUT2D eigenvalue weighted by Gasteiger charge is -2.06. The molecule has 6 heteroatoms. The normalized spacial score (nSPS) is 23.5. The number of carboxylic acids is 1. The second kappa shape index (κ2) is 4.08. The monoisotopic (exact) mass is 260 g/mol. The van der Waals surface area contributed by atoms with E-state index in [4.69, 9.17) is 5.11 Å². The van der Waals surface area contributed by atoms with Crippen molar-refractivity contribution in [2.24, 2.45) is 11.8 Å². The number of hydrogen-bond acceptors (Lipinski definition) is 3. The molecule has 3 N–H and O–H groups in total. The Kier molecular flexibility index (Phi) is 2.51. The van der Waals surface area contributed by atoms with Crippen molar-refractivity contribution >= 4 is 29.2 Å². The van der Waals surface area contributed by atoms with Crippen molar-refractivity contribution in [2.45, 2.75) is 12.8 Å². The van der Waals surface area contributed by atoms with Crippen molar-refractivity contribution < 1.29 is 19.5 Å². The van der Waals surface area contributed by atoms with Crippen LogP contribution in [0.2, 0.25) is 0 Å². The van der Waals surface area contributed by atoms with Gasteiger partial charge in [0.05, 0.1) is 18.3 Å². The van der Waals surface area contributed by atoms with Gasteiger partial charge in [0.1, 0.15) is 0 Å². The van der Waals surface area contributed by atoms with Gasteiger partial charge in [0.25, 0.3) is 0 Å². The van der Waals surface area contributed by atoms with Crippen molar-refractivity contribution in [1.82, 2.24) is 0 Å². The van der Waals surface area contributed by atoms with Crippen molar-refractivity contribution in [3.8, 4) is 0 Å². The van der Waals surface area contributed by atoms with Gasteiger partial charge in [-0.15, -0.1) is 0 Å². The highest BCUT2D eigenvalue weighted by Gasteiger charge is 2.48. The summed E-state index contributed by atoms with van der Waals surface area (Å²) in [6.45, 7) is 0. The summed E-state index contributed by atoms with van der Waals surface area (Å²) in [5, 5.41) is 14.2. The lowest BCUT2D eigenvalue weighted by molar-refractivity contribution is -0.139. The van der Waals surface area contributed by atoms with Crippen LogP contribution in [0.3, 0.4) is 0 Å². The summed E-state index contributed by atoms with van der Waals surface area (Å²) < 4.78 is 0. The molecule has 2 atom stereocenters. The van der Waals surface area contributed by atoms with Crippen LogP contribution in [-0.4, -0.2) is 22.9 Å². The Morgan fingerprint density at radius 3 is 2.79 bits per heavy atom. The van der Waals surface area contributed by atoms with Crippen LogP contribution in [0, 0.1) is 11.8 Å². The minimum absolute atomic E-state index is 0.0633. The first-order valence-electron chi connectivity index (χ1n) is 6.01. The third kappa shape index (κ3) is 2.16. The molecule has 1 saturated carbocycles. The Morgan fingerprint density at radius 2 is 2.11 bits per heavy atom. The number of nitrogens with one attached hydrogen (secondary N) is 2. The molecule has 1 aliphatic carbocycles. The van der Waals surface area contributed by atoms with E-state index in [0.717, 1.165) is 11.3 Å². The number of carbonyl (C=O) groups excluding carboxylic acids is 2. The summed E-state index contributed by atoms with van der Waals surface area (Å²) in [6.07, 6.45) is 0.701. The van der Waals surface area contributed by atoms with E-state index in [9.17, 15) is 14.4 Å². The van der Waals surface area contributed by atoms with Gasteiger partial charge in [-0.2, -0.15) is 0 Å². The predicted octanol–water partition coefficient (Wildman–Crippen LogP) is 0.840. The zero-order valence-corrected chi connectivity index (χ0v) is 9.97. The number of amides is 2. The molecule has 1 aliphatic heterocycles. The molecule has 1 aromatic carbocycles. The molecule has 0 aromatic heterocycles. The van der Waals surface area contributed by atoms with E-state index in [1.165, 1.54) is 0 Å². The third-order valence-electron chi connectivity index (χ3n) is 3.44. The van der Waals surface area contributed by atoms with E-state index in [-0.39, 0.29) is 11.8 Å². The highest BCUT2D eigenvalue weighted by molar-refractivity contribution is 6.01. The smallest absolute Gasteiger partial charge is 0.307 e. The van der Waals surface area contributed by atoms with E-state index in [1.54, 1.807) is 18.2 Å². The number of hydrogen-bond donors (Lipinski definition) is 3. The van der Waals surface area contributed by atoms with Crippen LogP contribution < -0.4 is 10.6 Å². The number of rotatable bonds is 3. The highest BCUT2D eigenvalue weighted by atomic mass is 16.4. The summed E-state index contributed by atoms with van der Waals surface area (Å²) in [4.78, 5) is 33.7. The van der Waals surface area contributed by atoms with Crippen molar-refractivity contribution in [2.75, 3.05) is 10.6 Å². The lowest BCUT2D eigenvalue weighted by Crippen LogP contribution is -2.16. The average Bonchev–Trinajstić information content (AvgIpc) is 3.06. The zero-order chi connectivity index (χ0) is 13.6. The SMILES string of the molecule is O=C1Cc2cc(NC(=O)C3CC3C(=O)O)ccc2N1. The fourth-order valence-corrected chi connectivity index (χ4v) is 2.30. The summed E-state index contributed by atoms with van der Waals surface area (Å²) in [5.41, 5.74) is 2.20. The van der Waals surface area contributed by atoms with E-state index in [2.05, 4.69) is 10.6 Å². The zero-order valence-electron chi connectivity index (χ0n) is 9.97. The summed E-state index contributed by atoms with van der Waals surface area (Å²) in [7, 11) is 0. The first-order chi connectivity index (χ1) is 9.04. The maximum atomic E-state index is 11.8. The molecule has 1 heterocycles. The highest BCUT2D eigenvalue weighted by Crippen LogP contribution is 2.39. The minimum Gasteiger partial charge on any atom is -0.481 e. The van der Waals surface area contributed by atoms with E-state index in [0.29, 0.717) is 18.5 Å². The molecule has 2 unspecified atom stereocenters. The largest absolute Gasteiger partial charge is 0.481 e. The van der Waals surface area contributed by atoms with Crippen molar-refractivity contribution in [1.29, 1.82) is 0 Å². The maximum absolute atomic E-state index is 11.8. The number of carbonyl (C=O) groups is 3. The van der Waals surface area contributed by atoms with Gasteiger partial charge in [0.2, 0.25) is 11.8 Å². The van der Waals surface area contributed by atoms with E-state index < -0.39 is 17.8 Å². The number of fused-ring (bicyclic) bond motifs is 1. The molecular weight excluding hydrogens is 248 g/mol. The molecule has 0 radical (unpaired) electrons. The first kappa shape index (κ1) is 11.7. The number of aliphatic carboxylic acids is 1. The molecule has 0 spiro atoms. The Hall–Kier alpha value is -2.37. The fraction of sp³-hybridized carbons (Fsp3) is 0.308. The Labute approximate surface area is 108 Å². The molecule has 2 aliphatic rings. The lowest BCUT2D eigenvalue weighted by atomic mass is 10.1. The molecule has 6 nitrogen and oxygen atoms in total. The number of carboxylic acid groups (broad SMARTS) is 1. The van der Waals surface area contributed by atoms with Gasteiger partial charge >= 0.3 is 5.97 Å². The Balaban J connectivity index is 1.68. The molecule has 1 aromatic rings. The predicted molar refractivity (Wildman–Crippen MR) is 66.6 cm³/mol. The molecule has 98 valence electrons. The first-order valence-corrected chi connectivity index (χ1v) is 6.01. The second-order valence-corrected chi connectivity index (χ2v) is 4.87. The minimum atomic E-state index is -0.927. The quantitative estimate of drug-likeness (QED) is 0.750. The molecule has 2 amide bonds. The van der Waals surface area contributed by atoms with Crippen LogP contribution in [0.15, 0.2) is 18.2 Å². The Morgan fingerprint density at radius 1 is 1.32 bits per heavy atom. The van der Waals surface area contributed by atoms with Crippen LogP contribution in [0.4, 0.5) is 11.4 Å². The van der Waals surface area contributed by atoms with Crippen LogP contribution in [0.5, 0.6) is 0 Å². The molecule has 3 rings (SSSR count). The average molecular weight is 260 g/mol. The van der Waals surface area contributed by atoms with Crippen LogP contribution >= 0.6 is 0 Å². The van der Waals surface area contributed by atoms with E-state index in [1.807, 2.05) is 0 Å². The van der Waals surface area contributed by atoms with Gasteiger partial charge in [0.15, 0.2) is 0 Å². The van der Waals surface area contributed by atoms with Gasteiger partial charge in [-0.05, 0) is 30.2 Å². The Bertz CT molecular complexity index is 596. The number of anilines is 2. The van der Waals surface area contributed by atoms with Crippen LogP contribution in [0.1, 0.15) is 12.0 Å². The van der Waals surface area contributed by atoms with Gasteiger partial charge in [-0.1, -0.05) is 0 Å². The van der Waals surface area contributed by atoms with Crippen molar-refractivity contribution in [3.05, 3.63) is 23.8 Å². The molecule has 1 fully saturated rings. The standard InChI is InChI=1S/C13H12N2O4/c16-11-4-6-3-7(1-2-10(6)15-11)14-12(17)8-5-9(8)13(18)19/h1-3,8-9H,4-5H2,(H,14,17)(H,15,16)(H,18,19). The molecule has 19 heavy (non-hydrogen) atoms. The van der Waals surface area contributed by atoms with Gasteiger partial charge in [-0.25, -0.2) is 0 Å². The topological polar surface area (TPSA) is 95.5 Å². The summed E-state index contributed by atoms with van der Waals surface area (Å²) >= 11 is 0. The second-order valence-electron chi connectivity index (χ2n) is 4.87.